The molecule has 0 N–H and O–H groups in total. The summed E-state index contributed by atoms with van der Waals surface area (Å²) in [6.07, 6.45) is 1.72. The molecule has 0 atom stereocenters. The average molecular weight is 307 g/mol. The molecule has 2 rings (SSSR count). The molecule has 2 amide bonds. The first-order valence-corrected chi connectivity index (χ1v) is 7.30. The van der Waals surface area contributed by atoms with E-state index in [4.69, 9.17) is 9.47 Å². The zero-order chi connectivity index (χ0) is 15.6. The Morgan fingerprint density at radius 2 is 1.95 bits per heavy atom. The fourth-order valence-electron chi connectivity index (χ4n) is 1.82. The van der Waals surface area contributed by atoms with Crippen molar-refractivity contribution in [1.29, 1.82) is 0 Å². The van der Waals surface area contributed by atoms with Crippen molar-refractivity contribution in [3.63, 3.8) is 0 Å². The Bertz CT molecular complexity index is 610. The number of carbonyl (C=O) groups excluding carboxylic acids is 2. The lowest BCUT2D eigenvalue weighted by molar-refractivity contribution is -0.121. The topological polar surface area (TPSA) is 55.8 Å². The van der Waals surface area contributed by atoms with Gasteiger partial charge < -0.3 is 9.47 Å². The summed E-state index contributed by atoms with van der Waals surface area (Å²) in [7, 11) is 3.03. The molecule has 0 spiro atoms. The van der Waals surface area contributed by atoms with Gasteiger partial charge in [-0.15, -0.1) is 0 Å². The molecule has 0 bridgehead atoms. The number of nitrogens with zero attached hydrogens (tertiary/aromatic N) is 1. The van der Waals surface area contributed by atoms with Crippen LogP contribution in [0.2, 0.25) is 0 Å². The van der Waals surface area contributed by atoms with Crippen molar-refractivity contribution in [2.75, 3.05) is 14.2 Å². The molecule has 0 saturated carbocycles. The number of rotatable bonds is 4. The van der Waals surface area contributed by atoms with Crippen molar-refractivity contribution in [1.82, 2.24) is 4.90 Å². The van der Waals surface area contributed by atoms with Crippen LogP contribution in [0.4, 0.5) is 4.79 Å². The minimum atomic E-state index is -0.286. The van der Waals surface area contributed by atoms with Crippen LogP contribution in [0, 0.1) is 0 Å². The van der Waals surface area contributed by atoms with Gasteiger partial charge in [0.25, 0.3) is 11.1 Å². The van der Waals surface area contributed by atoms with Gasteiger partial charge >= 0.3 is 0 Å². The molecule has 5 nitrogen and oxygen atoms in total. The van der Waals surface area contributed by atoms with Crippen molar-refractivity contribution >= 4 is 29.0 Å². The minimum Gasteiger partial charge on any atom is -0.493 e. The highest BCUT2D eigenvalue weighted by molar-refractivity contribution is 8.18. The van der Waals surface area contributed by atoms with Gasteiger partial charge in [-0.2, -0.15) is 0 Å². The maximum absolute atomic E-state index is 11.8. The van der Waals surface area contributed by atoms with Gasteiger partial charge in [-0.25, -0.2) is 0 Å². The third-order valence-electron chi connectivity index (χ3n) is 2.83. The number of ether oxygens (including phenoxy) is 2. The van der Waals surface area contributed by atoms with Crippen LogP contribution in [-0.2, 0) is 4.79 Å². The molecular weight excluding hydrogens is 290 g/mol. The van der Waals surface area contributed by atoms with Crippen LogP contribution in [0.15, 0.2) is 23.1 Å². The summed E-state index contributed by atoms with van der Waals surface area (Å²) in [5.74, 6) is 0.952. The number of methoxy groups -OCH3 is 1. The fourth-order valence-corrected chi connectivity index (χ4v) is 2.65. The number of hydrogen-bond acceptors (Lipinski definition) is 5. The monoisotopic (exact) mass is 307 g/mol. The Labute approximate surface area is 127 Å². The molecule has 0 unspecified atom stereocenters. The van der Waals surface area contributed by atoms with Crippen LogP contribution in [0.1, 0.15) is 19.4 Å². The molecule has 1 heterocycles. The number of carbonyl (C=O) groups is 2. The van der Waals surface area contributed by atoms with Gasteiger partial charge in [-0.1, -0.05) is 6.07 Å². The standard InChI is InChI=1S/C15H17NO4S/c1-9(2)20-11-6-5-10(7-12(11)19-4)8-13-14(17)16(3)15(18)21-13/h5-9H,1-4H3/b13-8-. The Kier molecular flexibility index (Phi) is 4.57. The van der Waals surface area contributed by atoms with E-state index in [2.05, 4.69) is 0 Å². The Morgan fingerprint density at radius 1 is 1.24 bits per heavy atom. The van der Waals surface area contributed by atoms with Gasteiger partial charge in [0.1, 0.15) is 0 Å². The molecule has 0 aliphatic carbocycles. The van der Waals surface area contributed by atoms with Gasteiger partial charge in [0.2, 0.25) is 0 Å². The van der Waals surface area contributed by atoms with E-state index in [0.29, 0.717) is 16.4 Å². The highest BCUT2D eigenvalue weighted by Crippen LogP contribution is 2.34. The number of imide groups is 1. The third kappa shape index (κ3) is 3.39. The minimum absolute atomic E-state index is 0.0429. The molecule has 1 aromatic rings. The summed E-state index contributed by atoms with van der Waals surface area (Å²) in [5.41, 5.74) is 0.780. The van der Waals surface area contributed by atoms with E-state index in [0.717, 1.165) is 22.2 Å². The Morgan fingerprint density at radius 3 is 2.48 bits per heavy atom. The predicted molar refractivity (Wildman–Crippen MR) is 82.5 cm³/mol. The number of benzene rings is 1. The first-order valence-electron chi connectivity index (χ1n) is 6.48. The normalized spacial score (nSPS) is 17.0. The van der Waals surface area contributed by atoms with Crippen LogP contribution >= 0.6 is 11.8 Å². The van der Waals surface area contributed by atoms with E-state index in [1.807, 2.05) is 19.9 Å². The first-order chi connectivity index (χ1) is 9.92. The zero-order valence-electron chi connectivity index (χ0n) is 12.4. The average Bonchev–Trinajstić information content (AvgIpc) is 2.67. The summed E-state index contributed by atoms with van der Waals surface area (Å²) in [6.45, 7) is 3.87. The van der Waals surface area contributed by atoms with E-state index in [-0.39, 0.29) is 17.3 Å². The zero-order valence-corrected chi connectivity index (χ0v) is 13.2. The summed E-state index contributed by atoms with van der Waals surface area (Å²) >= 11 is 0.931. The fraction of sp³-hybridized carbons (Fsp3) is 0.333. The highest BCUT2D eigenvalue weighted by Gasteiger charge is 2.31. The maximum Gasteiger partial charge on any atom is 0.293 e. The molecule has 1 fully saturated rings. The van der Waals surface area contributed by atoms with Gasteiger partial charge in [0, 0.05) is 7.05 Å². The molecule has 1 saturated heterocycles. The van der Waals surface area contributed by atoms with Crippen LogP contribution in [0.25, 0.3) is 6.08 Å². The molecule has 1 aromatic carbocycles. The number of likely N-dealkylation sites (N-methyl/N-ethyl adjacent to an activating group) is 1. The Hall–Kier alpha value is -1.95. The highest BCUT2D eigenvalue weighted by atomic mass is 32.2. The number of hydrogen-bond donors (Lipinski definition) is 0. The largest absolute Gasteiger partial charge is 0.493 e. The van der Waals surface area contributed by atoms with E-state index in [1.165, 1.54) is 7.05 Å². The van der Waals surface area contributed by atoms with Gasteiger partial charge in [-0.05, 0) is 49.4 Å². The molecule has 112 valence electrons. The van der Waals surface area contributed by atoms with E-state index in [1.54, 1.807) is 25.3 Å². The lowest BCUT2D eigenvalue weighted by atomic mass is 10.2. The van der Waals surface area contributed by atoms with Crippen molar-refractivity contribution in [3.05, 3.63) is 28.7 Å². The van der Waals surface area contributed by atoms with Gasteiger partial charge in [0.15, 0.2) is 11.5 Å². The van der Waals surface area contributed by atoms with Crippen LogP contribution < -0.4 is 9.47 Å². The summed E-state index contributed by atoms with van der Waals surface area (Å²) in [5, 5.41) is -0.266. The quantitative estimate of drug-likeness (QED) is 0.800. The second-order valence-corrected chi connectivity index (χ2v) is 5.81. The van der Waals surface area contributed by atoms with Gasteiger partial charge in [0.05, 0.1) is 18.1 Å². The van der Waals surface area contributed by atoms with E-state index >= 15 is 0 Å². The Balaban J connectivity index is 2.30. The summed E-state index contributed by atoms with van der Waals surface area (Å²) in [6, 6.07) is 5.39. The molecular formula is C15H17NO4S. The molecule has 1 aliphatic rings. The van der Waals surface area contributed by atoms with Crippen molar-refractivity contribution in [2.45, 2.75) is 20.0 Å². The van der Waals surface area contributed by atoms with Crippen LogP contribution in [0.5, 0.6) is 11.5 Å². The lowest BCUT2D eigenvalue weighted by Crippen LogP contribution is -2.22. The van der Waals surface area contributed by atoms with Crippen LogP contribution in [0.3, 0.4) is 0 Å². The molecule has 6 heteroatoms. The molecule has 0 aromatic heterocycles. The van der Waals surface area contributed by atoms with Gasteiger partial charge in [-0.3, -0.25) is 14.5 Å². The smallest absolute Gasteiger partial charge is 0.293 e. The van der Waals surface area contributed by atoms with E-state index in [9.17, 15) is 9.59 Å². The number of amides is 2. The molecule has 21 heavy (non-hydrogen) atoms. The van der Waals surface area contributed by atoms with Crippen molar-refractivity contribution in [2.24, 2.45) is 0 Å². The lowest BCUT2D eigenvalue weighted by Gasteiger charge is -2.13. The SMILES string of the molecule is COc1cc(/C=C2\SC(=O)N(C)C2=O)ccc1OC(C)C. The second kappa shape index (κ2) is 6.22. The molecule has 0 radical (unpaired) electrons. The summed E-state index contributed by atoms with van der Waals surface area (Å²) in [4.78, 5) is 24.8. The second-order valence-electron chi connectivity index (χ2n) is 4.82. The van der Waals surface area contributed by atoms with Crippen LogP contribution in [-0.4, -0.2) is 36.3 Å². The van der Waals surface area contributed by atoms with E-state index < -0.39 is 0 Å². The molecule has 1 aliphatic heterocycles. The first kappa shape index (κ1) is 15.4. The number of thioether (sulfide) groups is 1. The van der Waals surface area contributed by atoms with Crippen molar-refractivity contribution in [3.8, 4) is 11.5 Å². The van der Waals surface area contributed by atoms with Crippen molar-refractivity contribution < 1.29 is 19.1 Å². The predicted octanol–water partition coefficient (Wildman–Crippen LogP) is 3.15. The maximum atomic E-state index is 11.8. The third-order valence-corrected chi connectivity index (χ3v) is 3.80. The summed E-state index contributed by atoms with van der Waals surface area (Å²) < 4.78 is 10.9.